The SMILES string of the molecule is CCCCOCCCNC(=O)C=Cc1cccs1. The Labute approximate surface area is 113 Å². The van der Waals surface area contributed by atoms with Gasteiger partial charge in [0.2, 0.25) is 5.91 Å². The molecule has 100 valence electrons. The molecule has 0 aromatic carbocycles. The summed E-state index contributed by atoms with van der Waals surface area (Å²) < 4.78 is 5.41. The Morgan fingerprint density at radius 3 is 3.00 bits per heavy atom. The molecule has 0 spiro atoms. The highest BCUT2D eigenvalue weighted by Gasteiger charge is 1.95. The van der Waals surface area contributed by atoms with Gasteiger partial charge in [-0.25, -0.2) is 0 Å². The minimum absolute atomic E-state index is 0.0445. The summed E-state index contributed by atoms with van der Waals surface area (Å²) in [5, 5.41) is 4.83. The van der Waals surface area contributed by atoms with E-state index in [1.807, 2.05) is 23.6 Å². The molecule has 1 aromatic heterocycles. The van der Waals surface area contributed by atoms with E-state index in [2.05, 4.69) is 12.2 Å². The van der Waals surface area contributed by atoms with E-state index < -0.39 is 0 Å². The van der Waals surface area contributed by atoms with E-state index in [0.717, 1.165) is 37.4 Å². The summed E-state index contributed by atoms with van der Waals surface area (Å²) in [6.07, 6.45) is 6.53. The van der Waals surface area contributed by atoms with Gasteiger partial charge in [-0.05, 0) is 30.4 Å². The smallest absolute Gasteiger partial charge is 0.244 e. The highest BCUT2D eigenvalue weighted by atomic mass is 32.1. The zero-order valence-corrected chi connectivity index (χ0v) is 11.7. The minimum Gasteiger partial charge on any atom is -0.381 e. The standard InChI is InChI=1S/C14H21NO2S/c1-2-3-10-17-11-5-9-15-14(16)8-7-13-6-4-12-18-13/h4,6-8,12H,2-3,5,9-11H2,1H3,(H,15,16). The van der Waals surface area contributed by atoms with Crippen LogP contribution in [0.4, 0.5) is 0 Å². The second kappa shape index (κ2) is 9.85. The van der Waals surface area contributed by atoms with Crippen LogP contribution in [-0.2, 0) is 9.53 Å². The molecule has 18 heavy (non-hydrogen) atoms. The van der Waals surface area contributed by atoms with Crippen molar-refractivity contribution in [2.24, 2.45) is 0 Å². The molecule has 0 radical (unpaired) electrons. The van der Waals surface area contributed by atoms with Crippen LogP contribution in [0, 0.1) is 0 Å². The number of amides is 1. The Balaban J connectivity index is 2.00. The summed E-state index contributed by atoms with van der Waals surface area (Å²) in [7, 11) is 0. The first kappa shape index (κ1) is 14.9. The van der Waals surface area contributed by atoms with E-state index in [9.17, 15) is 4.79 Å². The van der Waals surface area contributed by atoms with Crippen molar-refractivity contribution in [1.29, 1.82) is 0 Å². The van der Waals surface area contributed by atoms with Crippen LogP contribution in [-0.4, -0.2) is 25.7 Å². The summed E-state index contributed by atoms with van der Waals surface area (Å²) in [6.45, 7) is 4.35. The van der Waals surface area contributed by atoms with Gasteiger partial charge in [-0.2, -0.15) is 0 Å². The molecule has 3 nitrogen and oxygen atoms in total. The van der Waals surface area contributed by atoms with E-state index >= 15 is 0 Å². The van der Waals surface area contributed by atoms with Crippen LogP contribution in [0.1, 0.15) is 31.1 Å². The molecular weight excluding hydrogens is 246 g/mol. The molecule has 1 heterocycles. The summed E-state index contributed by atoms with van der Waals surface area (Å²) >= 11 is 1.62. The van der Waals surface area contributed by atoms with Crippen molar-refractivity contribution in [3.8, 4) is 0 Å². The van der Waals surface area contributed by atoms with Crippen molar-refractivity contribution in [2.45, 2.75) is 26.2 Å². The monoisotopic (exact) mass is 267 g/mol. The lowest BCUT2D eigenvalue weighted by Gasteiger charge is -2.03. The molecular formula is C14H21NO2S. The number of ether oxygens (including phenoxy) is 1. The first-order valence-corrected chi connectivity index (χ1v) is 7.28. The van der Waals surface area contributed by atoms with Crippen molar-refractivity contribution < 1.29 is 9.53 Å². The summed E-state index contributed by atoms with van der Waals surface area (Å²) in [4.78, 5) is 12.5. The van der Waals surface area contributed by atoms with Gasteiger partial charge < -0.3 is 10.1 Å². The van der Waals surface area contributed by atoms with Gasteiger partial charge in [-0.1, -0.05) is 19.4 Å². The average molecular weight is 267 g/mol. The Bertz CT molecular complexity index is 347. The lowest BCUT2D eigenvalue weighted by atomic mass is 10.3. The van der Waals surface area contributed by atoms with Gasteiger partial charge in [-0.15, -0.1) is 11.3 Å². The van der Waals surface area contributed by atoms with Crippen LogP contribution in [0.15, 0.2) is 23.6 Å². The Morgan fingerprint density at radius 1 is 1.44 bits per heavy atom. The second-order valence-corrected chi connectivity index (χ2v) is 4.94. The van der Waals surface area contributed by atoms with Gasteiger partial charge in [0.05, 0.1) is 0 Å². The third kappa shape index (κ3) is 7.25. The van der Waals surface area contributed by atoms with Crippen molar-refractivity contribution in [2.75, 3.05) is 19.8 Å². The van der Waals surface area contributed by atoms with E-state index in [1.54, 1.807) is 17.4 Å². The number of unbranched alkanes of at least 4 members (excludes halogenated alkanes) is 1. The molecule has 1 rings (SSSR count). The van der Waals surface area contributed by atoms with Crippen LogP contribution in [0.3, 0.4) is 0 Å². The first-order valence-electron chi connectivity index (χ1n) is 6.40. The number of nitrogens with one attached hydrogen (secondary N) is 1. The van der Waals surface area contributed by atoms with Gasteiger partial charge in [0.25, 0.3) is 0 Å². The van der Waals surface area contributed by atoms with E-state index in [1.165, 1.54) is 0 Å². The minimum atomic E-state index is -0.0445. The van der Waals surface area contributed by atoms with Gasteiger partial charge in [0, 0.05) is 30.7 Å². The Hall–Kier alpha value is -1.13. The molecule has 4 heteroatoms. The van der Waals surface area contributed by atoms with Gasteiger partial charge in [0.15, 0.2) is 0 Å². The molecule has 0 atom stereocenters. The zero-order chi connectivity index (χ0) is 13.1. The van der Waals surface area contributed by atoms with Gasteiger partial charge in [0.1, 0.15) is 0 Å². The van der Waals surface area contributed by atoms with Crippen molar-refractivity contribution in [3.63, 3.8) is 0 Å². The van der Waals surface area contributed by atoms with Crippen LogP contribution < -0.4 is 5.32 Å². The predicted octanol–water partition coefficient (Wildman–Crippen LogP) is 3.08. The van der Waals surface area contributed by atoms with E-state index in [0.29, 0.717) is 6.54 Å². The molecule has 1 N–H and O–H groups in total. The van der Waals surface area contributed by atoms with Crippen LogP contribution in [0.5, 0.6) is 0 Å². The summed E-state index contributed by atoms with van der Waals surface area (Å²) in [5.74, 6) is -0.0445. The maximum absolute atomic E-state index is 11.4. The molecule has 0 unspecified atom stereocenters. The normalized spacial score (nSPS) is 10.9. The topological polar surface area (TPSA) is 38.3 Å². The maximum Gasteiger partial charge on any atom is 0.244 e. The molecule has 0 aliphatic carbocycles. The first-order chi connectivity index (χ1) is 8.83. The largest absolute Gasteiger partial charge is 0.381 e. The Morgan fingerprint density at radius 2 is 2.28 bits per heavy atom. The van der Waals surface area contributed by atoms with Crippen LogP contribution >= 0.6 is 11.3 Å². The molecule has 0 saturated heterocycles. The number of hydrogen-bond donors (Lipinski definition) is 1. The number of carbonyl (C=O) groups is 1. The predicted molar refractivity (Wildman–Crippen MR) is 76.7 cm³/mol. The van der Waals surface area contributed by atoms with Crippen molar-refractivity contribution in [1.82, 2.24) is 5.32 Å². The number of hydrogen-bond acceptors (Lipinski definition) is 3. The molecule has 1 amide bonds. The lowest BCUT2D eigenvalue weighted by Crippen LogP contribution is -2.23. The van der Waals surface area contributed by atoms with Crippen molar-refractivity contribution >= 4 is 23.3 Å². The number of rotatable bonds is 9. The maximum atomic E-state index is 11.4. The van der Waals surface area contributed by atoms with Crippen molar-refractivity contribution in [3.05, 3.63) is 28.5 Å². The Kier molecular flexibility index (Phi) is 8.17. The summed E-state index contributed by atoms with van der Waals surface area (Å²) in [6, 6.07) is 3.95. The second-order valence-electron chi connectivity index (χ2n) is 3.96. The quantitative estimate of drug-likeness (QED) is 0.551. The molecule has 0 saturated carbocycles. The molecule has 0 bridgehead atoms. The van der Waals surface area contributed by atoms with Crippen LogP contribution in [0.25, 0.3) is 6.08 Å². The fourth-order valence-corrected chi connectivity index (χ4v) is 1.96. The third-order valence-electron chi connectivity index (χ3n) is 2.35. The van der Waals surface area contributed by atoms with E-state index in [-0.39, 0.29) is 5.91 Å². The summed E-state index contributed by atoms with van der Waals surface area (Å²) in [5.41, 5.74) is 0. The molecule has 1 aromatic rings. The van der Waals surface area contributed by atoms with E-state index in [4.69, 9.17) is 4.74 Å². The molecule has 0 aliphatic rings. The van der Waals surface area contributed by atoms with Gasteiger partial charge in [-0.3, -0.25) is 4.79 Å². The molecule has 0 fully saturated rings. The number of thiophene rings is 1. The fourth-order valence-electron chi connectivity index (χ4n) is 1.34. The highest BCUT2D eigenvalue weighted by Crippen LogP contribution is 2.09. The molecule has 0 aliphatic heterocycles. The zero-order valence-electron chi connectivity index (χ0n) is 10.9. The average Bonchev–Trinajstić information content (AvgIpc) is 2.88. The highest BCUT2D eigenvalue weighted by molar-refractivity contribution is 7.10. The third-order valence-corrected chi connectivity index (χ3v) is 3.19. The van der Waals surface area contributed by atoms with Gasteiger partial charge >= 0.3 is 0 Å². The number of carbonyl (C=O) groups excluding carboxylic acids is 1. The van der Waals surface area contributed by atoms with Crippen LogP contribution in [0.2, 0.25) is 0 Å². The fraction of sp³-hybridized carbons (Fsp3) is 0.500. The lowest BCUT2D eigenvalue weighted by molar-refractivity contribution is -0.116.